The smallest absolute Gasteiger partial charge is 0.475 e. The Bertz CT molecular complexity index is 956. The summed E-state index contributed by atoms with van der Waals surface area (Å²) < 4.78 is 31.7. The van der Waals surface area contributed by atoms with Crippen LogP contribution in [0.25, 0.3) is 10.8 Å². The third kappa shape index (κ3) is 6.41. The number of fused-ring (bicyclic) bond motifs is 1. The van der Waals surface area contributed by atoms with Crippen LogP contribution in [0.4, 0.5) is 13.2 Å². The SMILES string of the molecule is Clc1ccc(CNCc2cccc3ccccc23)c(Cl)c1.O=C(O)C(F)(F)F. The molecule has 3 nitrogen and oxygen atoms in total. The van der Waals surface area contributed by atoms with Gasteiger partial charge in [0.25, 0.3) is 0 Å². The molecular formula is C20H16Cl2F3NO2. The van der Waals surface area contributed by atoms with E-state index in [0.717, 1.165) is 18.7 Å². The molecule has 0 atom stereocenters. The third-order valence-electron chi connectivity index (χ3n) is 3.77. The predicted molar refractivity (Wildman–Crippen MR) is 105 cm³/mol. The molecule has 0 spiro atoms. The maximum absolute atomic E-state index is 10.6. The molecule has 0 aliphatic rings. The van der Waals surface area contributed by atoms with Crippen molar-refractivity contribution in [2.24, 2.45) is 0 Å². The van der Waals surface area contributed by atoms with Crippen LogP contribution in [-0.4, -0.2) is 17.3 Å². The molecule has 0 saturated carbocycles. The van der Waals surface area contributed by atoms with Crippen LogP contribution in [0.1, 0.15) is 11.1 Å². The second-order valence-electron chi connectivity index (χ2n) is 5.78. The normalized spacial score (nSPS) is 11.0. The van der Waals surface area contributed by atoms with Crippen LogP contribution in [0.15, 0.2) is 60.7 Å². The molecule has 0 heterocycles. The molecule has 8 heteroatoms. The van der Waals surface area contributed by atoms with Crippen molar-refractivity contribution >= 4 is 39.9 Å². The molecule has 0 amide bonds. The third-order valence-corrected chi connectivity index (χ3v) is 4.36. The van der Waals surface area contributed by atoms with Gasteiger partial charge in [-0.3, -0.25) is 0 Å². The fourth-order valence-electron chi connectivity index (χ4n) is 2.44. The average Bonchev–Trinajstić information content (AvgIpc) is 2.63. The topological polar surface area (TPSA) is 49.3 Å². The van der Waals surface area contributed by atoms with Crippen molar-refractivity contribution < 1.29 is 23.1 Å². The summed E-state index contributed by atoms with van der Waals surface area (Å²) in [5.74, 6) is -2.76. The van der Waals surface area contributed by atoms with E-state index >= 15 is 0 Å². The Hall–Kier alpha value is -2.28. The van der Waals surface area contributed by atoms with Crippen molar-refractivity contribution in [3.8, 4) is 0 Å². The number of alkyl halides is 3. The van der Waals surface area contributed by atoms with Gasteiger partial charge in [-0.2, -0.15) is 13.2 Å². The van der Waals surface area contributed by atoms with Gasteiger partial charge in [0, 0.05) is 23.1 Å². The van der Waals surface area contributed by atoms with E-state index in [2.05, 4.69) is 47.8 Å². The van der Waals surface area contributed by atoms with E-state index in [0.29, 0.717) is 10.0 Å². The molecule has 0 aliphatic carbocycles. The van der Waals surface area contributed by atoms with E-state index in [-0.39, 0.29) is 0 Å². The van der Waals surface area contributed by atoms with Gasteiger partial charge in [0.1, 0.15) is 0 Å². The Balaban J connectivity index is 0.000000345. The van der Waals surface area contributed by atoms with Crippen LogP contribution in [0.3, 0.4) is 0 Å². The lowest BCUT2D eigenvalue weighted by molar-refractivity contribution is -0.192. The molecule has 148 valence electrons. The molecule has 3 aromatic carbocycles. The lowest BCUT2D eigenvalue weighted by Gasteiger charge is -2.09. The van der Waals surface area contributed by atoms with Gasteiger partial charge in [-0.15, -0.1) is 0 Å². The number of benzene rings is 3. The van der Waals surface area contributed by atoms with Gasteiger partial charge in [0.2, 0.25) is 0 Å². The van der Waals surface area contributed by atoms with Gasteiger partial charge in [-0.05, 0) is 34.0 Å². The van der Waals surface area contributed by atoms with Crippen LogP contribution in [0.5, 0.6) is 0 Å². The summed E-state index contributed by atoms with van der Waals surface area (Å²) in [6, 6.07) is 20.4. The number of carboxylic acids is 1. The van der Waals surface area contributed by atoms with Crippen molar-refractivity contribution in [3.05, 3.63) is 81.8 Å². The minimum Gasteiger partial charge on any atom is -0.475 e. The Morgan fingerprint density at radius 1 is 0.929 bits per heavy atom. The van der Waals surface area contributed by atoms with Crippen LogP contribution < -0.4 is 5.32 Å². The summed E-state index contributed by atoms with van der Waals surface area (Å²) in [5.41, 5.74) is 2.35. The molecule has 28 heavy (non-hydrogen) atoms. The monoisotopic (exact) mass is 429 g/mol. The van der Waals surface area contributed by atoms with Gasteiger partial charge in [-0.1, -0.05) is 71.7 Å². The number of carbonyl (C=O) groups is 1. The van der Waals surface area contributed by atoms with Gasteiger partial charge in [0.15, 0.2) is 0 Å². The molecule has 0 bridgehead atoms. The van der Waals surface area contributed by atoms with Gasteiger partial charge >= 0.3 is 12.1 Å². The molecule has 0 aromatic heterocycles. The molecule has 0 saturated heterocycles. The molecule has 0 aliphatic heterocycles. The highest BCUT2D eigenvalue weighted by Crippen LogP contribution is 2.22. The number of hydrogen-bond donors (Lipinski definition) is 2. The van der Waals surface area contributed by atoms with E-state index in [9.17, 15) is 13.2 Å². The Labute approximate surface area is 169 Å². The Kier molecular flexibility index (Phi) is 7.69. The molecule has 3 aromatic rings. The van der Waals surface area contributed by atoms with Gasteiger partial charge in [0.05, 0.1) is 0 Å². The molecule has 2 N–H and O–H groups in total. The molecule has 0 fully saturated rings. The van der Waals surface area contributed by atoms with Crippen molar-refractivity contribution in [3.63, 3.8) is 0 Å². The standard InChI is InChI=1S/C18H15Cl2N.C2HF3O2/c19-16-9-8-15(18(20)10-16)12-21-11-14-6-3-5-13-4-1-2-7-17(13)14;3-2(4,5)1(6)7/h1-10,21H,11-12H2;(H,6,7). The molecular weight excluding hydrogens is 414 g/mol. The molecule has 0 radical (unpaired) electrons. The van der Waals surface area contributed by atoms with E-state index < -0.39 is 12.1 Å². The van der Waals surface area contributed by atoms with Crippen molar-refractivity contribution in [1.29, 1.82) is 0 Å². The maximum Gasteiger partial charge on any atom is 0.490 e. The first-order valence-corrected chi connectivity index (χ1v) is 8.85. The highest BCUT2D eigenvalue weighted by atomic mass is 35.5. The van der Waals surface area contributed by atoms with E-state index in [1.807, 2.05) is 12.1 Å². The first-order valence-electron chi connectivity index (χ1n) is 8.10. The van der Waals surface area contributed by atoms with E-state index in [1.165, 1.54) is 16.3 Å². The number of halogens is 5. The Morgan fingerprint density at radius 2 is 1.54 bits per heavy atom. The lowest BCUT2D eigenvalue weighted by atomic mass is 10.0. The van der Waals surface area contributed by atoms with Crippen LogP contribution in [-0.2, 0) is 17.9 Å². The first kappa shape index (κ1) is 22.0. The van der Waals surface area contributed by atoms with Crippen LogP contribution >= 0.6 is 23.2 Å². The zero-order valence-corrected chi connectivity index (χ0v) is 15.9. The summed E-state index contributed by atoms with van der Waals surface area (Å²) in [5, 5.41) is 14.5. The van der Waals surface area contributed by atoms with Crippen molar-refractivity contribution in [2.75, 3.05) is 0 Å². The largest absolute Gasteiger partial charge is 0.490 e. The van der Waals surface area contributed by atoms with Crippen molar-refractivity contribution in [2.45, 2.75) is 19.3 Å². The molecule has 0 unspecified atom stereocenters. The second kappa shape index (κ2) is 9.78. The van der Waals surface area contributed by atoms with Crippen LogP contribution in [0, 0.1) is 0 Å². The average molecular weight is 430 g/mol. The lowest BCUT2D eigenvalue weighted by Crippen LogP contribution is -2.21. The summed E-state index contributed by atoms with van der Waals surface area (Å²) in [6.45, 7) is 1.53. The highest BCUT2D eigenvalue weighted by Gasteiger charge is 2.38. The highest BCUT2D eigenvalue weighted by molar-refractivity contribution is 6.35. The number of aliphatic carboxylic acids is 1. The zero-order chi connectivity index (χ0) is 20.7. The van der Waals surface area contributed by atoms with E-state index in [4.69, 9.17) is 33.1 Å². The number of rotatable bonds is 4. The quantitative estimate of drug-likeness (QED) is 0.528. The van der Waals surface area contributed by atoms with Gasteiger partial charge < -0.3 is 10.4 Å². The number of nitrogens with one attached hydrogen (secondary N) is 1. The minimum absolute atomic E-state index is 0.665. The first-order chi connectivity index (χ1) is 13.2. The fraction of sp³-hybridized carbons (Fsp3) is 0.150. The summed E-state index contributed by atoms with van der Waals surface area (Å²) in [4.78, 5) is 8.90. The summed E-state index contributed by atoms with van der Waals surface area (Å²) >= 11 is 12.1. The van der Waals surface area contributed by atoms with Gasteiger partial charge in [-0.25, -0.2) is 4.79 Å². The Morgan fingerprint density at radius 3 is 2.18 bits per heavy atom. The summed E-state index contributed by atoms with van der Waals surface area (Å²) in [6.07, 6.45) is -5.08. The predicted octanol–water partition coefficient (Wildman–Crippen LogP) is 6.07. The second-order valence-corrected chi connectivity index (χ2v) is 6.62. The molecule has 3 rings (SSSR count). The van der Waals surface area contributed by atoms with Crippen LogP contribution in [0.2, 0.25) is 10.0 Å². The fourth-order valence-corrected chi connectivity index (χ4v) is 2.92. The van der Waals surface area contributed by atoms with Crippen molar-refractivity contribution in [1.82, 2.24) is 5.32 Å². The number of carboxylic acid groups (broad SMARTS) is 1. The maximum atomic E-state index is 10.6. The zero-order valence-electron chi connectivity index (χ0n) is 14.4. The minimum atomic E-state index is -5.08. The van der Waals surface area contributed by atoms with E-state index in [1.54, 1.807) is 6.07 Å². The number of hydrogen-bond acceptors (Lipinski definition) is 2. The summed E-state index contributed by atoms with van der Waals surface area (Å²) in [7, 11) is 0.